The molecule has 1 aromatic rings. The molecule has 0 spiro atoms. The fourth-order valence-electron chi connectivity index (χ4n) is 2.39. The lowest BCUT2D eigenvalue weighted by molar-refractivity contribution is -0.125. The molecule has 0 saturated carbocycles. The molecule has 4 heteroatoms. The Morgan fingerprint density at radius 2 is 1.95 bits per heavy atom. The van der Waals surface area contributed by atoms with Crippen LogP contribution >= 0.6 is 0 Å². The molecule has 0 heterocycles. The third kappa shape index (κ3) is 4.94. The zero-order chi connectivity index (χ0) is 15.0. The summed E-state index contributed by atoms with van der Waals surface area (Å²) in [7, 11) is 3.83. The van der Waals surface area contributed by atoms with E-state index in [9.17, 15) is 9.90 Å². The molecule has 20 heavy (non-hydrogen) atoms. The quantitative estimate of drug-likeness (QED) is 0.759. The first-order chi connectivity index (χ1) is 9.60. The second-order valence-electron chi connectivity index (χ2n) is 5.25. The summed E-state index contributed by atoms with van der Waals surface area (Å²) >= 11 is 0. The van der Waals surface area contributed by atoms with Crippen LogP contribution in [0.3, 0.4) is 0 Å². The molecule has 0 aliphatic heterocycles. The van der Waals surface area contributed by atoms with E-state index >= 15 is 0 Å². The molecule has 0 radical (unpaired) electrons. The Hall–Kier alpha value is -1.39. The van der Waals surface area contributed by atoms with Crippen molar-refractivity contribution in [3.05, 3.63) is 35.9 Å². The van der Waals surface area contributed by atoms with Gasteiger partial charge in [0, 0.05) is 19.1 Å². The molecule has 2 N–H and O–H groups in total. The monoisotopic (exact) mass is 278 g/mol. The summed E-state index contributed by atoms with van der Waals surface area (Å²) < 4.78 is 0. The highest BCUT2D eigenvalue weighted by Crippen LogP contribution is 2.18. The molecule has 2 atom stereocenters. The summed E-state index contributed by atoms with van der Waals surface area (Å²) in [6.45, 7) is 2.70. The minimum atomic E-state index is -0.0967. The average Bonchev–Trinajstić information content (AvgIpc) is 2.44. The maximum absolute atomic E-state index is 12.1. The van der Waals surface area contributed by atoms with Crippen LogP contribution in [0.4, 0.5) is 0 Å². The van der Waals surface area contributed by atoms with Crippen molar-refractivity contribution in [2.45, 2.75) is 31.7 Å². The smallest absolute Gasteiger partial charge is 0.237 e. The molecule has 1 rings (SSSR count). The maximum atomic E-state index is 12.1. The van der Waals surface area contributed by atoms with Gasteiger partial charge >= 0.3 is 0 Å². The minimum Gasteiger partial charge on any atom is -0.396 e. The van der Waals surface area contributed by atoms with Crippen LogP contribution in [-0.4, -0.2) is 49.2 Å². The van der Waals surface area contributed by atoms with E-state index in [1.54, 1.807) is 0 Å². The Kier molecular flexibility index (Phi) is 7.26. The molecule has 0 aromatic heterocycles. The van der Waals surface area contributed by atoms with Crippen LogP contribution in [0.5, 0.6) is 0 Å². The fourth-order valence-corrected chi connectivity index (χ4v) is 2.39. The maximum Gasteiger partial charge on any atom is 0.237 e. The Labute approximate surface area is 121 Å². The van der Waals surface area contributed by atoms with Crippen LogP contribution in [0.15, 0.2) is 30.3 Å². The van der Waals surface area contributed by atoms with E-state index in [-0.39, 0.29) is 24.5 Å². The standard InChI is InChI=1S/C16H26N2O2/c1-4-15(18(2)3)16(20)17-12-14(10-11-19)13-8-6-5-7-9-13/h5-9,14-15,19H,4,10-12H2,1-3H3,(H,17,20). The van der Waals surface area contributed by atoms with E-state index in [0.717, 1.165) is 12.0 Å². The first-order valence-corrected chi connectivity index (χ1v) is 7.20. The lowest BCUT2D eigenvalue weighted by Gasteiger charge is -2.24. The van der Waals surface area contributed by atoms with E-state index in [2.05, 4.69) is 5.32 Å². The molecule has 0 aliphatic rings. The molecule has 0 saturated heterocycles. The van der Waals surface area contributed by atoms with Crippen molar-refractivity contribution in [3.8, 4) is 0 Å². The molecular formula is C16H26N2O2. The number of nitrogens with zero attached hydrogens (tertiary/aromatic N) is 1. The lowest BCUT2D eigenvalue weighted by atomic mass is 9.96. The van der Waals surface area contributed by atoms with Gasteiger partial charge in [-0.3, -0.25) is 9.69 Å². The van der Waals surface area contributed by atoms with E-state index in [0.29, 0.717) is 13.0 Å². The number of hydrogen-bond acceptors (Lipinski definition) is 3. The topological polar surface area (TPSA) is 52.6 Å². The number of carbonyl (C=O) groups is 1. The normalized spacial score (nSPS) is 14.1. The van der Waals surface area contributed by atoms with Crippen LogP contribution in [0.1, 0.15) is 31.2 Å². The molecule has 0 fully saturated rings. The van der Waals surface area contributed by atoms with E-state index < -0.39 is 0 Å². The van der Waals surface area contributed by atoms with Crippen molar-refractivity contribution in [2.75, 3.05) is 27.2 Å². The van der Waals surface area contributed by atoms with Crippen LogP contribution in [0.2, 0.25) is 0 Å². The summed E-state index contributed by atoms with van der Waals surface area (Å²) in [5.41, 5.74) is 1.15. The summed E-state index contributed by atoms with van der Waals surface area (Å²) in [5.74, 6) is 0.209. The zero-order valence-electron chi connectivity index (χ0n) is 12.7. The molecule has 4 nitrogen and oxygen atoms in total. The highest BCUT2D eigenvalue weighted by Gasteiger charge is 2.20. The van der Waals surface area contributed by atoms with Gasteiger partial charge in [-0.25, -0.2) is 0 Å². The van der Waals surface area contributed by atoms with Gasteiger partial charge in [0.1, 0.15) is 0 Å². The SMILES string of the molecule is CCC(C(=O)NCC(CCO)c1ccccc1)N(C)C. The fraction of sp³-hybridized carbons (Fsp3) is 0.562. The second-order valence-corrected chi connectivity index (χ2v) is 5.25. The average molecular weight is 278 g/mol. The number of hydrogen-bond donors (Lipinski definition) is 2. The molecule has 1 aromatic carbocycles. The summed E-state index contributed by atoms with van der Waals surface area (Å²) in [5, 5.41) is 12.2. The molecule has 112 valence electrons. The number of aliphatic hydroxyl groups excluding tert-OH is 1. The van der Waals surface area contributed by atoms with Crippen molar-refractivity contribution in [3.63, 3.8) is 0 Å². The highest BCUT2D eigenvalue weighted by atomic mass is 16.3. The van der Waals surface area contributed by atoms with Crippen LogP contribution in [0, 0.1) is 0 Å². The van der Waals surface area contributed by atoms with Gasteiger partial charge in [0.2, 0.25) is 5.91 Å². The Bertz CT molecular complexity index is 393. The van der Waals surface area contributed by atoms with Crippen LogP contribution < -0.4 is 5.32 Å². The van der Waals surface area contributed by atoms with Crippen molar-refractivity contribution in [1.29, 1.82) is 0 Å². The first-order valence-electron chi connectivity index (χ1n) is 7.20. The Balaban J connectivity index is 2.61. The van der Waals surface area contributed by atoms with E-state index in [1.165, 1.54) is 0 Å². The predicted molar refractivity (Wildman–Crippen MR) is 81.7 cm³/mol. The third-order valence-corrected chi connectivity index (χ3v) is 3.58. The van der Waals surface area contributed by atoms with Crippen LogP contribution in [-0.2, 0) is 4.79 Å². The van der Waals surface area contributed by atoms with Gasteiger partial charge in [-0.1, -0.05) is 37.3 Å². The largest absolute Gasteiger partial charge is 0.396 e. The Morgan fingerprint density at radius 3 is 2.45 bits per heavy atom. The zero-order valence-corrected chi connectivity index (χ0v) is 12.7. The van der Waals surface area contributed by atoms with E-state index in [4.69, 9.17) is 0 Å². The van der Waals surface area contributed by atoms with Crippen molar-refractivity contribution in [2.24, 2.45) is 0 Å². The Morgan fingerprint density at radius 1 is 1.30 bits per heavy atom. The van der Waals surface area contributed by atoms with Crippen molar-refractivity contribution in [1.82, 2.24) is 10.2 Å². The van der Waals surface area contributed by atoms with Gasteiger partial charge in [0.25, 0.3) is 0 Å². The minimum absolute atomic E-state index is 0.0522. The first kappa shape index (κ1) is 16.7. The van der Waals surface area contributed by atoms with Gasteiger partial charge < -0.3 is 10.4 Å². The number of rotatable bonds is 8. The molecule has 0 aliphatic carbocycles. The van der Waals surface area contributed by atoms with Crippen LogP contribution in [0.25, 0.3) is 0 Å². The molecule has 1 amide bonds. The second kappa shape index (κ2) is 8.72. The van der Waals surface area contributed by atoms with Gasteiger partial charge in [-0.05, 0) is 32.5 Å². The highest BCUT2D eigenvalue weighted by molar-refractivity contribution is 5.81. The molecule has 2 unspecified atom stereocenters. The summed E-state index contributed by atoms with van der Waals surface area (Å²) in [4.78, 5) is 14.1. The number of benzene rings is 1. The van der Waals surface area contributed by atoms with Gasteiger partial charge in [-0.15, -0.1) is 0 Å². The van der Waals surface area contributed by atoms with Crippen molar-refractivity contribution >= 4 is 5.91 Å². The lowest BCUT2D eigenvalue weighted by Crippen LogP contribution is -2.44. The van der Waals surface area contributed by atoms with E-state index in [1.807, 2.05) is 56.3 Å². The van der Waals surface area contributed by atoms with Crippen molar-refractivity contribution < 1.29 is 9.90 Å². The summed E-state index contributed by atoms with van der Waals surface area (Å²) in [6.07, 6.45) is 1.44. The third-order valence-electron chi connectivity index (χ3n) is 3.58. The number of amides is 1. The number of likely N-dealkylation sites (N-methyl/N-ethyl adjacent to an activating group) is 1. The van der Waals surface area contributed by atoms with Gasteiger partial charge in [-0.2, -0.15) is 0 Å². The molecular weight excluding hydrogens is 252 g/mol. The number of carbonyl (C=O) groups excluding carboxylic acids is 1. The predicted octanol–water partition coefficient (Wildman–Crippen LogP) is 1.61. The number of nitrogens with one attached hydrogen (secondary N) is 1. The summed E-state index contributed by atoms with van der Waals surface area (Å²) in [6, 6.07) is 9.91. The van der Waals surface area contributed by atoms with Gasteiger partial charge in [0.05, 0.1) is 6.04 Å². The van der Waals surface area contributed by atoms with Gasteiger partial charge in [0.15, 0.2) is 0 Å². The molecule has 0 bridgehead atoms. The number of aliphatic hydroxyl groups is 1.